The van der Waals surface area contributed by atoms with Gasteiger partial charge >= 0.3 is 0 Å². The minimum Gasteiger partial charge on any atom is -0.386 e. The molecule has 15 heavy (non-hydrogen) atoms. The van der Waals surface area contributed by atoms with Crippen molar-refractivity contribution in [3.05, 3.63) is 21.9 Å². The molecule has 1 heterocycles. The highest BCUT2D eigenvalue weighted by molar-refractivity contribution is 7.10. The van der Waals surface area contributed by atoms with E-state index in [0.717, 1.165) is 18.4 Å². The minimum absolute atomic E-state index is 0.0611. The lowest BCUT2D eigenvalue weighted by Crippen LogP contribution is -2.21. The van der Waals surface area contributed by atoms with E-state index >= 15 is 0 Å². The Kier molecular flexibility index (Phi) is 5.29. The molecule has 0 radical (unpaired) electrons. The molecule has 0 aliphatic rings. The molecule has 0 saturated carbocycles. The van der Waals surface area contributed by atoms with Crippen molar-refractivity contribution in [3.63, 3.8) is 0 Å². The van der Waals surface area contributed by atoms with Crippen molar-refractivity contribution in [2.45, 2.75) is 45.8 Å². The van der Waals surface area contributed by atoms with Crippen LogP contribution in [0.5, 0.6) is 0 Å². The molecular formula is C12H20O2S. The highest BCUT2D eigenvalue weighted by Gasteiger charge is 2.21. The second kappa shape index (κ2) is 6.26. The molecule has 0 aliphatic heterocycles. The van der Waals surface area contributed by atoms with Gasteiger partial charge in [-0.05, 0) is 37.3 Å². The summed E-state index contributed by atoms with van der Waals surface area (Å²) in [6, 6.07) is 2.04. The number of hydrogen-bond donors (Lipinski definition) is 1. The van der Waals surface area contributed by atoms with Gasteiger partial charge in [-0.1, -0.05) is 13.3 Å². The summed E-state index contributed by atoms with van der Waals surface area (Å²) in [6.45, 7) is 6.78. The molecule has 1 aromatic rings. The minimum atomic E-state index is -0.477. The van der Waals surface area contributed by atoms with E-state index in [1.807, 2.05) is 18.4 Å². The number of aliphatic hydroxyl groups is 1. The third kappa shape index (κ3) is 3.59. The number of aliphatic hydroxyl groups excluding tert-OH is 1. The Labute approximate surface area is 95.9 Å². The Morgan fingerprint density at radius 3 is 2.67 bits per heavy atom. The largest absolute Gasteiger partial charge is 0.386 e. The van der Waals surface area contributed by atoms with Crippen LogP contribution in [-0.2, 0) is 4.74 Å². The molecule has 0 bridgehead atoms. The topological polar surface area (TPSA) is 29.5 Å². The van der Waals surface area contributed by atoms with Gasteiger partial charge in [-0.25, -0.2) is 0 Å². The number of thiophene rings is 1. The summed E-state index contributed by atoms with van der Waals surface area (Å²) >= 11 is 1.67. The summed E-state index contributed by atoms with van der Waals surface area (Å²) < 4.78 is 5.56. The summed E-state index contributed by atoms with van der Waals surface area (Å²) in [7, 11) is 0. The van der Waals surface area contributed by atoms with Gasteiger partial charge in [-0.2, -0.15) is 0 Å². The van der Waals surface area contributed by atoms with Crippen LogP contribution < -0.4 is 0 Å². The molecule has 1 aromatic heterocycles. The molecule has 0 spiro atoms. The maximum absolute atomic E-state index is 10.1. The zero-order valence-corrected chi connectivity index (χ0v) is 10.5. The van der Waals surface area contributed by atoms with E-state index < -0.39 is 6.10 Å². The lowest BCUT2D eigenvalue weighted by atomic mass is 10.0. The van der Waals surface area contributed by atoms with Crippen LogP contribution in [0.2, 0.25) is 0 Å². The molecule has 86 valence electrons. The summed E-state index contributed by atoms with van der Waals surface area (Å²) in [4.78, 5) is 1.23. The van der Waals surface area contributed by atoms with Crippen molar-refractivity contribution in [2.75, 3.05) is 6.61 Å². The first kappa shape index (κ1) is 12.7. The van der Waals surface area contributed by atoms with E-state index in [0.29, 0.717) is 6.61 Å². The van der Waals surface area contributed by atoms with Crippen LogP contribution in [0.4, 0.5) is 0 Å². The monoisotopic (exact) mass is 228 g/mol. The molecule has 0 fully saturated rings. The van der Waals surface area contributed by atoms with Gasteiger partial charge < -0.3 is 9.84 Å². The SMILES string of the molecule is CCCC(OCC)C(O)c1csc(C)c1. The summed E-state index contributed by atoms with van der Waals surface area (Å²) in [5, 5.41) is 12.2. The zero-order chi connectivity index (χ0) is 11.3. The highest BCUT2D eigenvalue weighted by atomic mass is 32.1. The van der Waals surface area contributed by atoms with Crippen molar-refractivity contribution in [2.24, 2.45) is 0 Å². The molecule has 0 aliphatic carbocycles. The Morgan fingerprint density at radius 2 is 2.20 bits per heavy atom. The third-order valence-electron chi connectivity index (χ3n) is 2.40. The molecule has 0 aromatic carbocycles. The number of hydrogen-bond acceptors (Lipinski definition) is 3. The molecule has 1 N–H and O–H groups in total. The van der Waals surface area contributed by atoms with Gasteiger partial charge in [-0.15, -0.1) is 11.3 Å². The predicted molar refractivity (Wildman–Crippen MR) is 64.3 cm³/mol. The Bertz CT molecular complexity index is 277. The molecule has 0 saturated heterocycles. The average Bonchev–Trinajstić information content (AvgIpc) is 2.63. The molecule has 1 rings (SSSR count). The molecule has 2 atom stereocenters. The van der Waals surface area contributed by atoms with Gasteiger partial charge in [0.15, 0.2) is 0 Å². The average molecular weight is 228 g/mol. The van der Waals surface area contributed by atoms with Crippen LogP contribution in [0.15, 0.2) is 11.4 Å². The quantitative estimate of drug-likeness (QED) is 0.809. The first-order valence-corrected chi connectivity index (χ1v) is 6.41. The van der Waals surface area contributed by atoms with Crippen LogP contribution in [0.25, 0.3) is 0 Å². The first-order chi connectivity index (χ1) is 7.19. The van der Waals surface area contributed by atoms with Gasteiger partial charge in [-0.3, -0.25) is 0 Å². The van der Waals surface area contributed by atoms with Gasteiger partial charge in [0.05, 0.1) is 6.10 Å². The van der Waals surface area contributed by atoms with Crippen LogP contribution in [-0.4, -0.2) is 17.8 Å². The number of aryl methyl sites for hydroxylation is 1. The van der Waals surface area contributed by atoms with E-state index in [9.17, 15) is 5.11 Å². The predicted octanol–water partition coefficient (Wildman–Crippen LogP) is 3.30. The highest BCUT2D eigenvalue weighted by Crippen LogP contribution is 2.26. The van der Waals surface area contributed by atoms with Crippen molar-refractivity contribution < 1.29 is 9.84 Å². The van der Waals surface area contributed by atoms with Crippen molar-refractivity contribution in [3.8, 4) is 0 Å². The fraction of sp³-hybridized carbons (Fsp3) is 0.667. The maximum atomic E-state index is 10.1. The Hall–Kier alpha value is -0.380. The van der Waals surface area contributed by atoms with E-state index in [1.165, 1.54) is 4.88 Å². The molecule has 2 nitrogen and oxygen atoms in total. The summed E-state index contributed by atoms with van der Waals surface area (Å²) in [5.74, 6) is 0. The first-order valence-electron chi connectivity index (χ1n) is 5.53. The molecule has 2 unspecified atom stereocenters. The Morgan fingerprint density at radius 1 is 1.47 bits per heavy atom. The van der Waals surface area contributed by atoms with Crippen LogP contribution in [0.3, 0.4) is 0 Å². The van der Waals surface area contributed by atoms with Crippen molar-refractivity contribution in [1.29, 1.82) is 0 Å². The molecule has 0 amide bonds. The fourth-order valence-corrected chi connectivity index (χ4v) is 2.40. The standard InChI is InChI=1S/C12H20O2S/c1-4-6-11(14-5-2)12(13)10-7-9(3)15-8-10/h7-8,11-13H,4-6H2,1-3H3. The smallest absolute Gasteiger partial charge is 0.106 e. The maximum Gasteiger partial charge on any atom is 0.106 e. The number of rotatable bonds is 6. The summed E-state index contributed by atoms with van der Waals surface area (Å²) in [5.41, 5.74) is 0.990. The van der Waals surface area contributed by atoms with E-state index in [2.05, 4.69) is 13.8 Å². The van der Waals surface area contributed by atoms with Crippen LogP contribution in [0.1, 0.15) is 43.2 Å². The lowest BCUT2D eigenvalue weighted by Gasteiger charge is -2.21. The fourth-order valence-electron chi connectivity index (χ4n) is 1.66. The second-order valence-corrected chi connectivity index (χ2v) is 4.83. The van der Waals surface area contributed by atoms with Gasteiger partial charge in [0, 0.05) is 11.5 Å². The van der Waals surface area contributed by atoms with Crippen molar-refractivity contribution in [1.82, 2.24) is 0 Å². The molecule has 3 heteroatoms. The van der Waals surface area contributed by atoms with Crippen LogP contribution in [0, 0.1) is 6.92 Å². The Balaban J connectivity index is 2.66. The zero-order valence-electron chi connectivity index (χ0n) is 9.69. The normalized spacial score (nSPS) is 15.2. The number of ether oxygens (including phenoxy) is 1. The van der Waals surface area contributed by atoms with Gasteiger partial charge in [0.2, 0.25) is 0 Å². The van der Waals surface area contributed by atoms with E-state index in [1.54, 1.807) is 11.3 Å². The van der Waals surface area contributed by atoms with E-state index in [-0.39, 0.29) is 6.10 Å². The van der Waals surface area contributed by atoms with Gasteiger partial charge in [0.25, 0.3) is 0 Å². The molecular weight excluding hydrogens is 208 g/mol. The second-order valence-electron chi connectivity index (χ2n) is 3.72. The lowest BCUT2D eigenvalue weighted by molar-refractivity contribution is -0.0383. The van der Waals surface area contributed by atoms with Crippen molar-refractivity contribution >= 4 is 11.3 Å². The van der Waals surface area contributed by atoms with Crippen LogP contribution >= 0.6 is 11.3 Å². The van der Waals surface area contributed by atoms with Gasteiger partial charge in [0.1, 0.15) is 6.10 Å². The van der Waals surface area contributed by atoms with E-state index in [4.69, 9.17) is 4.74 Å². The summed E-state index contributed by atoms with van der Waals surface area (Å²) in [6.07, 6.45) is 1.40. The third-order valence-corrected chi connectivity index (χ3v) is 3.28.